The number of fused-ring (bicyclic) bond motifs is 1. The molecule has 1 aliphatic rings. The van der Waals surface area contributed by atoms with E-state index in [-0.39, 0.29) is 0 Å². The van der Waals surface area contributed by atoms with Crippen molar-refractivity contribution < 1.29 is 4.74 Å². The maximum absolute atomic E-state index is 5.32. The lowest BCUT2D eigenvalue weighted by atomic mass is 10.2. The summed E-state index contributed by atoms with van der Waals surface area (Å²) in [5.74, 6) is 0. The smallest absolute Gasteiger partial charge is 0.0750 e. The van der Waals surface area contributed by atoms with Gasteiger partial charge in [-0.15, -0.1) is 0 Å². The zero-order chi connectivity index (χ0) is 6.81. The Morgan fingerprint density at radius 3 is 3.60 bits per heavy atom. The molecule has 2 heterocycles. The predicted octanol–water partition coefficient (Wildman–Crippen LogP) is 0.873. The summed E-state index contributed by atoms with van der Waals surface area (Å²) in [6.07, 6.45) is 4.03. The molecular weight excluding hydrogens is 128 g/mol. The van der Waals surface area contributed by atoms with Gasteiger partial charge in [-0.2, -0.15) is 5.10 Å². The van der Waals surface area contributed by atoms with Gasteiger partial charge in [0.25, 0.3) is 0 Å². The molecule has 3 nitrogen and oxygen atoms in total. The van der Waals surface area contributed by atoms with Crippen molar-refractivity contribution in [1.29, 1.82) is 0 Å². The van der Waals surface area contributed by atoms with E-state index in [1.807, 2.05) is 6.20 Å². The standard InChI is InChI=1S/C7H10N2O/c1-2-7-6(4-8-9-7)5-10-3-1/h4H,1-3,5H2,(H,8,9). The molecule has 1 aromatic rings. The van der Waals surface area contributed by atoms with Crippen LogP contribution in [0.1, 0.15) is 17.7 Å². The van der Waals surface area contributed by atoms with Gasteiger partial charge in [0.2, 0.25) is 0 Å². The quantitative estimate of drug-likeness (QED) is 0.577. The lowest BCUT2D eigenvalue weighted by Gasteiger charge is -1.93. The molecule has 0 amide bonds. The van der Waals surface area contributed by atoms with Crippen LogP contribution in [0.3, 0.4) is 0 Å². The molecular formula is C7H10N2O. The normalized spacial score (nSPS) is 18.0. The number of nitrogens with zero attached hydrogens (tertiary/aromatic N) is 1. The maximum atomic E-state index is 5.32. The average molecular weight is 138 g/mol. The molecule has 10 heavy (non-hydrogen) atoms. The van der Waals surface area contributed by atoms with Crippen molar-refractivity contribution in [1.82, 2.24) is 10.2 Å². The number of ether oxygens (including phenoxy) is 1. The second kappa shape index (κ2) is 2.42. The van der Waals surface area contributed by atoms with Gasteiger partial charge in [-0.25, -0.2) is 0 Å². The molecule has 54 valence electrons. The highest BCUT2D eigenvalue weighted by Crippen LogP contribution is 2.12. The van der Waals surface area contributed by atoms with Crippen LogP contribution in [0.4, 0.5) is 0 Å². The number of aromatic amines is 1. The highest BCUT2D eigenvalue weighted by molar-refractivity contribution is 5.15. The fourth-order valence-corrected chi connectivity index (χ4v) is 1.21. The van der Waals surface area contributed by atoms with Crippen molar-refractivity contribution >= 4 is 0 Å². The zero-order valence-electron chi connectivity index (χ0n) is 5.76. The molecule has 0 saturated heterocycles. The van der Waals surface area contributed by atoms with Gasteiger partial charge in [0.1, 0.15) is 0 Å². The van der Waals surface area contributed by atoms with Crippen LogP contribution in [0.5, 0.6) is 0 Å². The molecule has 3 heteroatoms. The molecule has 0 fully saturated rings. The van der Waals surface area contributed by atoms with Crippen LogP contribution in [0.25, 0.3) is 0 Å². The Balaban J connectivity index is 2.28. The largest absolute Gasteiger partial charge is 0.377 e. The van der Waals surface area contributed by atoms with Crippen molar-refractivity contribution in [3.63, 3.8) is 0 Å². The fourth-order valence-electron chi connectivity index (χ4n) is 1.21. The van der Waals surface area contributed by atoms with Crippen LogP contribution in [0.15, 0.2) is 6.20 Å². The highest BCUT2D eigenvalue weighted by atomic mass is 16.5. The van der Waals surface area contributed by atoms with E-state index >= 15 is 0 Å². The number of hydrogen-bond donors (Lipinski definition) is 1. The molecule has 0 saturated carbocycles. The van der Waals surface area contributed by atoms with Crippen LogP contribution >= 0.6 is 0 Å². The van der Waals surface area contributed by atoms with Crippen LogP contribution in [0, 0.1) is 0 Å². The molecule has 0 bridgehead atoms. The van der Waals surface area contributed by atoms with Crippen LogP contribution < -0.4 is 0 Å². The number of aromatic nitrogens is 2. The summed E-state index contributed by atoms with van der Waals surface area (Å²) < 4.78 is 5.32. The average Bonchev–Trinajstić information content (AvgIpc) is 2.28. The van der Waals surface area contributed by atoms with Gasteiger partial charge in [-0.1, -0.05) is 0 Å². The lowest BCUT2D eigenvalue weighted by molar-refractivity contribution is 0.125. The Bertz CT molecular complexity index is 199. The van der Waals surface area contributed by atoms with E-state index in [4.69, 9.17) is 4.74 Å². The third-order valence-corrected chi connectivity index (χ3v) is 1.78. The van der Waals surface area contributed by atoms with E-state index in [1.165, 1.54) is 11.3 Å². The summed E-state index contributed by atoms with van der Waals surface area (Å²) in [5, 5.41) is 6.91. The van der Waals surface area contributed by atoms with Crippen molar-refractivity contribution in [3.8, 4) is 0 Å². The molecule has 0 atom stereocenters. The molecule has 1 N–H and O–H groups in total. The van der Waals surface area contributed by atoms with Crippen molar-refractivity contribution in [2.45, 2.75) is 19.4 Å². The summed E-state index contributed by atoms with van der Waals surface area (Å²) in [4.78, 5) is 0. The summed E-state index contributed by atoms with van der Waals surface area (Å²) in [6, 6.07) is 0. The first-order chi connectivity index (χ1) is 4.97. The van der Waals surface area contributed by atoms with Gasteiger partial charge in [0, 0.05) is 17.9 Å². The second-order valence-corrected chi connectivity index (χ2v) is 2.53. The van der Waals surface area contributed by atoms with Crippen molar-refractivity contribution in [2.24, 2.45) is 0 Å². The molecule has 2 rings (SSSR count). The van der Waals surface area contributed by atoms with Crippen LogP contribution in [0.2, 0.25) is 0 Å². The Kier molecular flexibility index (Phi) is 1.43. The minimum absolute atomic E-state index is 0.728. The number of H-pyrrole nitrogens is 1. The molecule has 0 unspecified atom stereocenters. The Hall–Kier alpha value is -0.830. The molecule has 1 aromatic heterocycles. The fraction of sp³-hybridized carbons (Fsp3) is 0.571. The summed E-state index contributed by atoms with van der Waals surface area (Å²) >= 11 is 0. The number of nitrogens with one attached hydrogen (secondary N) is 1. The highest BCUT2D eigenvalue weighted by Gasteiger charge is 2.08. The monoisotopic (exact) mass is 138 g/mol. The van der Waals surface area contributed by atoms with E-state index in [9.17, 15) is 0 Å². The van der Waals surface area contributed by atoms with Crippen molar-refractivity contribution in [2.75, 3.05) is 6.61 Å². The zero-order valence-corrected chi connectivity index (χ0v) is 5.76. The van der Waals surface area contributed by atoms with Gasteiger partial charge in [0.05, 0.1) is 12.8 Å². The Morgan fingerprint density at radius 1 is 1.60 bits per heavy atom. The first-order valence-corrected chi connectivity index (χ1v) is 3.55. The van der Waals surface area contributed by atoms with E-state index in [0.29, 0.717) is 0 Å². The molecule has 1 aliphatic heterocycles. The van der Waals surface area contributed by atoms with Crippen LogP contribution in [-0.4, -0.2) is 16.8 Å². The maximum Gasteiger partial charge on any atom is 0.0750 e. The van der Waals surface area contributed by atoms with Gasteiger partial charge < -0.3 is 4.74 Å². The number of hydrogen-bond acceptors (Lipinski definition) is 2. The van der Waals surface area contributed by atoms with Crippen LogP contribution in [-0.2, 0) is 17.8 Å². The van der Waals surface area contributed by atoms with Gasteiger partial charge in [-0.3, -0.25) is 5.10 Å². The summed E-state index contributed by atoms with van der Waals surface area (Å²) in [6.45, 7) is 1.61. The van der Waals surface area contributed by atoms with Gasteiger partial charge in [-0.05, 0) is 12.8 Å². The molecule has 0 radical (unpaired) electrons. The van der Waals surface area contributed by atoms with Gasteiger partial charge in [0.15, 0.2) is 0 Å². The topological polar surface area (TPSA) is 37.9 Å². The Morgan fingerprint density at radius 2 is 2.60 bits per heavy atom. The third-order valence-electron chi connectivity index (χ3n) is 1.78. The number of aryl methyl sites for hydroxylation is 1. The molecule has 0 aliphatic carbocycles. The molecule has 0 spiro atoms. The minimum Gasteiger partial charge on any atom is -0.377 e. The summed E-state index contributed by atoms with van der Waals surface area (Å²) in [5.41, 5.74) is 2.47. The van der Waals surface area contributed by atoms with E-state index < -0.39 is 0 Å². The van der Waals surface area contributed by atoms with E-state index in [0.717, 1.165) is 26.1 Å². The van der Waals surface area contributed by atoms with E-state index in [2.05, 4.69) is 10.2 Å². The first-order valence-electron chi connectivity index (χ1n) is 3.55. The first kappa shape index (κ1) is 5.92. The van der Waals surface area contributed by atoms with E-state index in [1.54, 1.807) is 0 Å². The third kappa shape index (κ3) is 0.926. The summed E-state index contributed by atoms with van der Waals surface area (Å²) in [7, 11) is 0. The second-order valence-electron chi connectivity index (χ2n) is 2.53. The Labute approximate surface area is 59.4 Å². The van der Waals surface area contributed by atoms with Crippen molar-refractivity contribution in [3.05, 3.63) is 17.5 Å². The minimum atomic E-state index is 0.728. The lowest BCUT2D eigenvalue weighted by Crippen LogP contribution is -1.89. The SMILES string of the molecule is c1n[nH]c2c1COCCC2. The molecule has 0 aromatic carbocycles. The van der Waals surface area contributed by atoms with Gasteiger partial charge >= 0.3 is 0 Å². The number of rotatable bonds is 0. The predicted molar refractivity (Wildman–Crippen MR) is 36.6 cm³/mol.